The van der Waals surface area contributed by atoms with Crippen molar-refractivity contribution in [1.82, 2.24) is 19.5 Å². The largest absolute Gasteiger partial charge is 0.481 e. The van der Waals surface area contributed by atoms with Crippen LogP contribution in [0.3, 0.4) is 0 Å². The summed E-state index contributed by atoms with van der Waals surface area (Å²) >= 11 is 0. The summed E-state index contributed by atoms with van der Waals surface area (Å²) in [6.45, 7) is 3.24. The van der Waals surface area contributed by atoms with Crippen LogP contribution in [0.2, 0.25) is 0 Å². The SMILES string of the molecule is CCCCNc1nccc(-c2c(-c3ccc(F)cc3)nc3n2C(COC(=[NH2+])/C=C\C(=N)OC)CC3)n1. The summed E-state index contributed by atoms with van der Waals surface area (Å²) in [7, 11) is 1.42. The van der Waals surface area contributed by atoms with Crippen LogP contribution in [0.4, 0.5) is 10.3 Å². The molecule has 3 aromatic rings. The maximum Gasteiger partial charge on any atom is 0.359 e. The summed E-state index contributed by atoms with van der Waals surface area (Å²) in [5, 5.41) is 16.8. The molecule has 1 unspecified atom stereocenters. The van der Waals surface area contributed by atoms with Crippen LogP contribution in [0, 0.1) is 11.2 Å². The Kier molecular flexibility index (Phi) is 8.04. The van der Waals surface area contributed by atoms with Crippen LogP contribution in [-0.2, 0) is 15.9 Å². The number of hydrogen-bond acceptors (Lipinski definition) is 7. The fourth-order valence-corrected chi connectivity index (χ4v) is 4.10. The molecule has 1 aliphatic heterocycles. The van der Waals surface area contributed by atoms with E-state index in [4.69, 9.17) is 30.3 Å². The van der Waals surface area contributed by atoms with Crippen molar-refractivity contribution in [2.75, 3.05) is 25.6 Å². The van der Waals surface area contributed by atoms with Gasteiger partial charge in [0.25, 0.3) is 0 Å². The number of nitrogens with zero attached hydrogens (tertiary/aromatic N) is 4. The van der Waals surface area contributed by atoms with Crippen molar-refractivity contribution in [2.24, 2.45) is 0 Å². The Morgan fingerprint density at radius 1 is 1.25 bits per heavy atom. The summed E-state index contributed by atoms with van der Waals surface area (Å²) in [6, 6.07) is 8.15. The van der Waals surface area contributed by atoms with Crippen LogP contribution in [0.25, 0.3) is 22.6 Å². The lowest BCUT2D eigenvalue weighted by Crippen LogP contribution is -2.41. The standard InChI is InChI=1S/C26H30FN7O2/c1-3-4-14-30-26-31-15-13-20(32-26)25-24(17-5-7-18(27)8-6-17)33-23-12-9-19(34(23)25)16-36-22(29)11-10-21(28)35-2/h5-8,10-11,13,15,19,28-29H,3-4,9,12,14,16H2,1-2H3,(H,30,31,32)/p+1/b11-10-,28-21?,29-22?. The zero-order valence-electron chi connectivity index (χ0n) is 20.5. The summed E-state index contributed by atoms with van der Waals surface area (Å²) in [6.07, 6.45) is 8.34. The molecule has 2 aromatic heterocycles. The molecule has 9 nitrogen and oxygen atoms in total. The van der Waals surface area contributed by atoms with Crippen LogP contribution < -0.4 is 10.7 Å². The molecule has 3 heterocycles. The average molecular weight is 493 g/mol. The number of benzene rings is 1. The molecule has 0 saturated carbocycles. The molecule has 36 heavy (non-hydrogen) atoms. The molecular weight excluding hydrogens is 461 g/mol. The topological polar surface area (TPSA) is 124 Å². The first-order valence-corrected chi connectivity index (χ1v) is 12.0. The van der Waals surface area contributed by atoms with Gasteiger partial charge in [0.15, 0.2) is 0 Å². The van der Waals surface area contributed by atoms with Gasteiger partial charge in [-0.05, 0) is 43.2 Å². The van der Waals surface area contributed by atoms with Gasteiger partial charge in [0.05, 0.1) is 36.3 Å². The van der Waals surface area contributed by atoms with Gasteiger partial charge in [0.2, 0.25) is 11.8 Å². The number of fused-ring (bicyclic) bond motifs is 1. The lowest BCUT2D eigenvalue weighted by atomic mass is 10.1. The Labute approximate surface area is 209 Å². The van der Waals surface area contributed by atoms with Gasteiger partial charge in [-0.3, -0.25) is 5.41 Å². The van der Waals surface area contributed by atoms with Gasteiger partial charge in [-0.15, -0.1) is 0 Å². The normalized spacial score (nSPS) is 14.6. The van der Waals surface area contributed by atoms with Crippen LogP contribution in [0.1, 0.15) is 38.1 Å². The molecule has 0 saturated heterocycles. The highest BCUT2D eigenvalue weighted by Gasteiger charge is 2.31. The van der Waals surface area contributed by atoms with E-state index in [-0.39, 0.29) is 23.7 Å². The molecule has 0 aliphatic carbocycles. The molecule has 4 N–H and O–H groups in total. The molecule has 1 aliphatic rings. The summed E-state index contributed by atoms with van der Waals surface area (Å²) in [5.74, 6) is 1.33. The van der Waals surface area contributed by atoms with Crippen molar-refractivity contribution in [1.29, 1.82) is 5.41 Å². The molecule has 0 fully saturated rings. The second-order valence-electron chi connectivity index (χ2n) is 8.46. The first-order chi connectivity index (χ1) is 17.5. The Morgan fingerprint density at radius 2 is 2.06 bits per heavy atom. The fourth-order valence-electron chi connectivity index (χ4n) is 4.10. The highest BCUT2D eigenvalue weighted by atomic mass is 19.1. The van der Waals surface area contributed by atoms with Gasteiger partial charge < -0.3 is 19.4 Å². The van der Waals surface area contributed by atoms with Crippen molar-refractivity contribution in [2.45, 2.75) is 38.6 Å². The van der Waals surface area contributed by atoms with Gasteiger partial charge in [0, 0.05) is 30.8 Å². The highest BCUT2D eigenvalue weighted by Crippen LogP contribution is 2.39. The summed E-state index contributed by atoms with van der Waals surface area (Å²) < 4.78 is 26.4. The van der Waals surface area contributed by atoms with Gasteiger partial charge in [-0.2, -0.15) is 0 Å². The lowest BCUT2D eigenvalue weighted by molar-refractivity contribution is -0.138. The van der Waals surface area contributed by atoms with Crippen LogP contribution in [0.5, 0.6) is 0 Å². The zero-order chi connectivity index (χ0) is 25.5. The molecule has 0 spiro atoms. The number of anilines is 1. The third-order valence-electron chi connectivity index (χ3n) is 5.94. The minimum Gasteiger partial charge on any atom is -0.481 e. The first-order valence-electron chi connectivity index (χ1n) is 12.0. The molecule has 1 atom stereocenters. The number of nitrogens with two attached hydrogens (primary N) is 1. The Morgan fingerprint density at radius 3 is 2.81 bits per heavy atom. The number of rotatable bonds is 10. The Bertz CT molecular complexity index is 1250. The van der Waals surface area contributed by atoms with Crippen molar-refractivity contribution in [3.63, 3.8) is 0 Å². The molecule has 0 amide bonds. The summed E-state index contributed by atoms with van der Waals surface area (Å²) in [4.78, 5) is 14.1. The number of methoxy groups -OCH3 is 1. The van der Waals surface area contributed by atoms with Crippen LogP contribution in [-0.4, -0.2) is 51.6 Å². The molecule has 0 radical (unpaired) electrons. The van der Waals surface area contributed by atoms with E-state index in [1.54, 1.807) is 18.3 Å². The van der Waals surface area contributed by atoms with Gasteiger partial charge in [0.1, 0.15) is 18.2 Å². The third-order valence-corrected chi connectivity index (χ3v) is 5.94. The van der Waals surface area contributed by atoms with E-state index in [1.807, 2.05) is 6.07 Å². The predicted octanol–water partition coefficient (Wildman–Crippen LogP) is 3.20. The molecule has 4 rings (SSSR count). The Hall–Kier alpha value is -4.08. The zero-order valence-corrected chi connectivity index (χ0v) is 20.5. The van der Waals surface area contributed by atoms with Crippen molar-refractivity contribution in [3.8, 4) is 22.6 Å². The number of imidazole rings is 1. The lowest BCUT2D eigenvalue weighted by Gasteiger charge is -2.17. The van der Waals surface area contributed by atoms with E-state index in [2.05, 4.69) is 21.8 Å². The van der Waals surface area contributed by atoms with E-state index in [1.165, 1.54) is 31.4 Å². The number of nitrogens with one attached hydrogen (secondary N) is 2. The fraction of sp³-hybridized carbons (Fsp3) is 0.346. The van der Waals surface area contributed by atoms with Crippen LogP contribution >= 0.6 is 0 Å². The quantitative estimate of drug-likeness (QED) is 0.227. The van der Waals surface area contributed by atoms with E-state index < -0.39 is 0 Å². The molecule has 10 heteroatoms. The summed E-state index contributed by atoms with van der Waals surface area (Å²) in [5.41, 5.74) is 3.09. The molecule has 0 bridgehead atoms. The number of unbranched alkanes of at least 4 members (excludes halogenated alkanes) is 1. The minimum absolute atomic E-state index is 0.0161. The van der Waals surface area contributed by atoms with Gasteiger partial charge in [-0.25, -0.2) is 24.8 Å². The van der Waals surface area contributed by atoms with Gasteiger partial charge >= 0.3 is 5.90 Å². The molecular formula is C26H31FN7O2+. The maximum atomic E-state index is 13.6. The highest BCUT2D eigenvalue weighted by molar-refractivity contribution is 5.92. The van der Waals surface area contributed by atoms with Gasteiger partial charge in [-0.1, -0.05) is 13.3 Å². The van der Waals surface area contributed by atoms with Crippen molar-refractivity contribution in [3.05, 3.63) is 60.3 Å². The average Bonchev–Trinajstić information content (AvgIpc) is 3.46. The second kappa shape index (κ2) is 11.6. The maximum absolute atomic E-state index is 13.6. The van der Waals surface area contributed by atoms with E-state index in [0.29, 0.717) is 12.6 Å². The van der Waals surface area contributed by atoms with Crippen molar-refractivity contribution < 1.29 is 19.3 Å². The second-order valence-corrected chi connectivity index (χ2v) is 8.46. The monoisotopic (exact) mass is 492 g/mol. The first kappa shape index (κ1) is 25.0. The smallest absolute Gasteiger partial charge is 0.359 e. The number of halogens is 1. The third kappa shape index (κ3) is 5.76. The van der Waals surface area contributed by atoms with E-state index >= 15 is 0 Å². The van der Waals surface area contributed by atoms with E-state index in [9.17, 15) is 4.39 Å². The van der Waals surface area contributed by atoms with Crippen molar-refractivity contribution >= 4 is 17.7 Å². The molecule has 1 aromatic carbocycles. The Balaban J connectivity index is 1.67. The number of ether oxygens (including phenoxy) is 2. The van der Waals surface area contributed by atoms with E-state index in [0.717, 1.165) is 60.7 Å². The minimum atomic E-state index is -0.302. The predicted molar refractivity (Wildman–Crippen MR) is 136 cm³/mol. The van der Waals surface area contributed by atoms with Crippen LogP contribution in [0.15, 0.2) is 48.7 Å². The number of aryl methyl sites for hydroxylation is 1. The molecule has 188 valence electrons. The number of aromatic nitrogens is 4. The number of hydrogen-bond donors (Lipinski definition) is 3.